The molecule has 0 saturated carbocycles. The first-order valence-electron chi connectivity index (χ1n) is 9.02. The Kier molecular flexibility index (Phi) is 6.82. The van der Waals surface area contributed by atoms with Crippen LogP contribution in [0.1, 0.15) is 43.6 Å². The normalized spacial score (nSPS) is 13.7. The van der Waals surface area contributed by atoms with Crippen molar-refractivity contribution < 1.29 is 35.2 Å². The van der Waals surface area contributed by atoms with Crippen LogP contribution < -0.4 is 10.0 Å². The van der Waals surface area contributed by atoms with Crippen LogP contribution >= 0.6 is 0 Å². The molecular weight excluding hydrogens is 443 g/mol. The molecule has 11 heteroatoms. The summed E-state index contributed by atoms with van der Waals surface area (Å²) in [4.78, 5) is 12.0. The molecule has 0 aromatic heterocycles. The Morgan fingerprint density at radius 2 is 1.58 bits per heavy atom. The lowest BCUT2D eigenvalue weighted by Gasteiger charge is -2.27. The SMILES string of the molecule is C[C@@H](NS(=O)(=O)c1ccc(F)c(C(=O)Nc2ccc(C(F)(F)F)c(F)c2)c1)C(C)(C)C. The number of benzene rings is 2. The predicted octanol–water partition coefficient (Wildman–Crippen LogP) is 4.95. The maximum absolute atomic E-state index is 14.2. The Labute approximate surface area is 176 Å². The number of carbonyl (C=O) groups excluding carboxylic acids is 1. The van der Waals surface area contributed by atoms with Gasteiger partial charge >= 0.3 is 6.18 Å². The molecule has 0 radical (unpaired) electrons. The second-order valence-corrected chi connectivity index (χ2v) is 9.71. The van der Waals surface area contributed by atoms with Crippen molar-refractivity contribution in [2.45, 2.75) is 44.8 Å². The molecule has 5 nitrogen and oxygen atoms in total. The molecule has 0 spiro atoms. The predicted molar refractivity (Wildman–Crippen MR) is 105 cm³/mol. The van der Waals surface area contributed by atoms with E-state index < -0.39 is 56.3 Å². The Bertz CT molecular complexity index is 1090. The van der Waals surface area contributed by atoms with Crippen LogP contribution in [-0.4, -0.2) is 20.4 Å². The van der Waals surface area contributed by atoms with Gasteiger partial charge in [-0.15, -0.1) is 0 Å². The van der Waals surface area contributed by atoms with E-state index >= 15 is 0 Å². The molecule has 2 N–H and O–H groups in total. The molecule has 2 aromatic carbocycles. The molecule has 0 saturated heterocycles. The molecule has 0 unspecified atom stereocenters. The second kappa shape index (κ2) is 8.54. The summed E-state index contributed by atoms with van der Waals surface area (Å²) in [6.07, 6.45) is -4.92. The molecule has 0 aliphatic heterocycles. The highest BCUT2D eigenvalue weighted by Gasteiger charge is 2.34. The van der Waals surface area contributed by atoms with E-state index in [1.54, 1.807) is 6.92 Å². The number of anilines is 1. The lowest BCUT2D eigenvalue weighted by atomic mass is 9.89. The van der Waals surface area contributed by atoms with E-state index in [9.17, 15) is 35.2 Å². The average Bonchev–Trinajstić information content (AvgIpc) is 2.59. The molecule has 0 heterocycles. The number of amides is 1. The van der Waals surface area contributed by atoms with Crippen molar-refractivity contribution in [3.05, 3.63) is 59.2 Å². The number of rotatable bonds is 5. The summed E-state index contributed by atoms with van der Waals surface area (Å²) < 4.78 is 93.4. The van der Waals surface area contributed by atoms with Crippen LogP contribution in [0, 0.1) is 17.0 Å². The van der Waals surface area contributed by atoms with E-state index in [1.807, 2.05) is 20.8 Å². The van der Waals surface area contributed by atoms with Gasteiger partial charge in [0.2, 0.25) is 10.0 Å². The van der Waals surface area contributed by atoms with Crippen LogP contribution in [-0.2, 0) is 16.2 Å². The molecule has 0 aliphatic rings. The minimum Gasteiger partial charge on any atom is -0.322 e. The van der Waals surface area contributed by atoms with Crippen molar-refractivity contribution in [1.82, 2.24) is 4.72 Å². The van der Waals surface area contributed by atoms with Gasteiger partial charge in [-0.2, -0.15) is 13.2 Å². The van der Waals surface area contributed by atoms with Crippen LogP contribution in [0.15, 0.2) is 41.3 Å². The lowest BCUT2D eigenvalue weighted by Crippen LogP contribution is -2.41. The second-order valence-electron chi connectivity index (χ2n) is 8.00. The molecule has 1 atom stereocenters. The highest BCUT2D eigenvalue weighted by molar-refractivity contribution is 7.89. The largest absolute Gasteiger partial charge is 0.419 e. The monoisotopic (exact) mass is 464 g/mol. The molecular formula is C20H21F5N2O3S. The average molecular weight is 464 g/mol. The Balaban J connectivity index is 2.31. The standard InChI is InChI=1S/C20H21F5N2O3S/c1-11(19(2,3)4)27-31(29,30)13-6-8-16(21)14(10-13)18(28)26-12-5-7-15(17(22)9-12)20(23,24)25/h5-11,27H,1-4H3,(H,26,28)/t11-/m1/s1. The number of sulfonamides is 1. The summed E-state index contributed by atoms with van der Waals surface area (Å²) in [6.45, 7) is 7.08. The van der Waals surface area contributed by atoms with E-state index in [2.05, 4.69) is 10.0 Å². The maximum Gasteiger partial charge on any atom is 0.419 e. The van der Waals surface area contributed by atoms with Crippen LogP contribution in [0.4, 0.5) is 27.6 Å². The summed E-state index contributed by atoms with van der Waals surface area (Å²) in [5, 5.41) is 2.06. The Morgan fingerprint density at radius 1 is 0.968 bits per heavy atom. The van der Waals surface area contributed by atoms with Gasteiger partial charge in [-0.25, -0.2) is 21.9 Å². The van der Waals surface area contributed by atoms with Crippen LogP contribution in [0.2, 0.25) is 0 Å². The van der Waals surface area contributed by atoms with Crippen molar-refractivity contribution in [2.75, 3.05) is 5.32 Å². The third kappa shape index (κ3) is 6.01. The van der Waals surface area contributed by atoms with E-state index in [0.29, 0.717) is 12.1 Å². The van der Waals surface area contributed by atoms with Crippen LogP contribution in [0.25, 0.3) is 0 Å². The summed E-state index contributed by atoms with van der Waals surface area (Å²) >= 11 is 0. The van der Waals surface area contributed by atoms with Gasteiger partial charge in [0.1, 0.15) is 11.6 Å². The van der Waals surface area contributed by atoms with Gasteiger partial charge in [0.15, 0.2) is 0 Å². The lowest BCUT2D eigenvalue weighted by molar-refractivity contribution is -0.139. The fourth-order valence-corrected chi connectivity index (χ4v) is 3.82. The van der Waals surface area contributed by atoms with Gasteiger partial charge in [-0.1, -0.05) is 20.8 Å². The smallest absolute Gasteiger partial charge is 0.322 e. The summed E-state index contributed by atoms with van der Waals surface area (Å²) in [5.74, 6) is -3.84. The first kappa shape index (κ1) is 24.7. The molecule has 2 rings (SSSR count). The first-order chi connectivity index (χ1) is 14.0. The van der Waals surface area contributed by atoms with Gasteiger partial charge < -0.3 is 5.32 Å². The highest BCUT2D eigenvalue weighted by atomic mass is 32.2. The van der Waals surface area contributed by atoms with Crippen molar-refractivity contribution >= 4 is 21.6 Å². The molecule has 2 aromatic rings. The number of alkyl halides is 3. The number of carbonyl (C=O) groups is 1. The minimum atomic E-state index is -4.92. The molecule has 0 aliphatic carbocycles. The van der Waals surface area contributed by atoms with Gasteiger partial charge in [0.05, 0.1) is 16.0 Å². The number of halogens is 5. The molecule has 0 bridgehead atoms. The Hall–Kier alpha value is -2.53. The fraction of sp³-hybridized carbons (Fsp3) is 0.350. The first-order valence-corrected chi connectivity index (χ1v) is 10.5. The van der Waals surface area contributed by atoms with Gasteiger partial charge in [0, 0.05) is 11.7 Å². The number of hydrogen-bond donors (Lipinski definition) is 2. The van der Waals surface area contributed by atoms with E-state index in [1.165, 1.54) is 0 Å². The van der Waals surface area contributed by atoms with Gasteiger partial charge in [-0.05, 0) is 48.7 Å². The molecule has 0 fully saturated rings. The van der Waals surface area contributed by atoms with Crippen molar-refractivity contribution in [3.63, 3.8) is 0 Å². The van der Waals surface area contributed by atoms with Gasteiger partial charge in [0.25, 0.3) is 5.91 Å². The Morgan fingerprint density at radius 3 is 2.10 bits per heavy atom. The quantitative estimate of drug-likeness (QED) is 0.615. The minimum absolute atomic E-state index is 0.359. The highest BCUT2D eigenvalue weighted by Crippen LogP contribution is 2.32. The van der Waals surface area contributed by atoms with E-state index in [-0.39, 0.29) is 10.6 Å². The third-order valence-corrected chi connectivity index (χ3v) is 6.19. The van der Waals surface area contributed by atoms with Crippen molar-refractivity contribution in [2.24, 2.45) is 5.41 Å². The van der Waals surface area contributed by atoms with Gasteiger partial charge in [-0.3, -0.25) is 4.79 Å². The van der Waals surface area contributed by atoms with Crippen LogP contribution in [0.3, 0.4) is 0 Å². The van der Waals surface area contributed by atoms with E-state index in [0.717, 1.165) is 24.3 Å². The zero-order valence-electron chi connectivity index (χ0n) is 17.1. The third-order valence-electron chi connectivity index (χ3n) is 4.66. The summed E-state index contributed by atoms with van der Waals surface area (Å²) in [5.41, 5.74) is -2.97. The van der Waals surface area contributed by atoms with Crippen molar-refractivity contribution in [3.8, 4) is 0 Å². The number of hydrogen-bond acceptors (Lipinski definition) is 3. The zero-order valence-corrected chi connectivity index (χ0v) is 17.9. The van der Waals surface area contributed by atoms with Crippen LogP contribution in [0.5, 0.6) is 0 Å². The molecule has 31 heavy (non-hydrogen) atoms. The topological polar surface area (TPSA) is 75.3 Å². The maximum atomic E-state index is 14.2. The fourth-order valence-electron chi connectivity index (χ4n) is 2.34. The summed E-state index contributed by atoms with van der Waals surface area (Å²) in [6, 6.07) is 3.72. The number of nitrogens with one attached hydrogen (secondary N) is 2. The van der Waals surface area contributed by atoms with E-state index in [4.69, 9.17) is 0 Å². The zero-order chi connectivity index (χ0) is 23.8. The summed E-state index contributed by atoms with van der Waals surface area (Å²) in [7, 11) is -4.10. The molecule has 170 valence electrons. The van der Waals surface area contributed by atoms with Crippen molar-refractivity contribution in [1.29, 1.82) is 0 Å². The molecule has 1 amide bonds.